The van der Waals surface area contributed by atoms with Crippen molar-refractivity contribution in [2.24, 2.45) is 0 Å². The molecule has 0 bridgehead atoms. The van der Waals surface area contributed by atoms with Gasteiger partial charge in [-0.15, -0.1) is 23.7 Å². The van der Waals surface area contributed by atoms with Gasteiger partial charge in [-0.25, -0.2) is 9.37 Å². The van der Waals surface area contributed by atoms with Gasteiger partial charge >= 0.3 is 0 Å². The van der Waals surface area contributed by atoms with Crippen LogP contribution in [0.2, 0.25) is 0 Å². The van der Waals surface area contributed by atoms with Crippen molar-refractivity contribution in [1.82, 2.24) is 10.3 Å². The SMILES string of the molecule is Cl.O=C(Nc1nc(C2CC2)c(Cc2ccccc2F)s1)C1CCCN1. The van der Waals surface area contributed by atoms with Crippen LogP contribution in [0.1, 0.15) is 47.7 Å². The summed E-state index contributed by atoms with van der Waals surface area (Å²) in [5.41, 5.74) is 1.72. The maximum atomic E-state index is 14.0. The van der Waals surface area contributed by atoms with Crippen LogP contribution in [-0.4, -0.2) is 23.5 Å². The molecule has 1 saturated carbocycles. The highest BCUT2D eigenvalue weighted by atomic mass is 35.5. The quantitative estimate of drug-likeness (QED) is 0.826. The summed E-state index contributed by atoms with van der Waals surface area (Å²) >= 11 is 1.48. The molecule has 0 spiro atoms. The van der Waals surface area contributed by atoms with Gasteiger partial charge < -0.3 is 10.6 Å². The van der Waals surface area contributed by atoms with Crippen molar-refractivity contribution < 1.29 is 9.18 Å². The van der Waals surface area contributed by atoms with Gasteiger partial charge in [0.2, 0.25) is 5.91 Å². The fourth-order valence-electron chi connectivity index (χ4n) is 3.13. The van der Waals surface area contributed by atoms with Crippen LogP contribution in [0.3, 0.4) is 0 Å². The number of anilines is 1. The van der Waals surface area contributed by atoms with Crippen molar-refractivity contribution in [3.63, 3.8) is 0 Å². The molecule has 4 rings (SSSR count). The van der Waals surface area contributed by atoms with E-state index < -0.39 is 0 Å². The smallest absolute Gasteiger partial charge is 0.243 e. The van der Waals surface area contributed by atoms with Crippen LogP contribution >= 0.6 is 23.7 Å². The standard InChI is InChI=1S/C18H20FN3OS.ClH/c19-13-5-2-1-4-12(13)10-15-16(11-7-8-11)21-18(24-15)22-17(23)14-6-3-9-20-14;/h1-2,4-5,11,14,20H,3,6-10H2,(H,21,22,23);1H. The molecule has 1 unspecified atom stereocenters. The molecule has 1 saturated heterocycles. The first-order valence-corrected chi connectivity index (χ1v) is 9.29. The second kappa shape index (κ2) is 7.81. The van der Waals surface area contributed by atoms with Crippen molar-refractivity contribution in [2.75, 3.05) is 11.9 Å². The highest BCUT2D eigenvalue weighted by Gasteiger charge is 2.31. The third kappa shape index (κ3) is 4.19. The lowest BCUT2D eigenvalue weighted by Crippen LogP contribution is -2.35. The lowest BCUT2D eigenvalue weighted by molar-refractivity contribution is -0.117. The zero-order valence-electron chi connectivity index (χ0n) is 13.8. The number of halogens is 2. The summed E-state index contributed by atoms with van der Waals surface area (Å²) in [6, 6.07) is 6.74. The Morgan fingerprint density at radius 2 is 2.12 bits per heavy atom. The minimum absolute atomic E-state index is 0. The van der Waals surface area contributed by atoms with Gasteiger partial charge in [-0.3, -0.25) is 4.79 Å². The summed E-state index contributed by atoms with van der Waals surface area (Å²) in [6.45, 7) is 0.891. The molecule has 2 N–H and O–H groups in total. The Hall–Kier alpha value is -1.50. The molecule has 1 amide bonds. The number of carbonyl (C=O) groups excluding carboxylic acids is 1. The van der Waals surface area contributed by atoms with Crippen LogP contribution in [0.5, 0.6) is 0 Å². The molecule has 2 aromatic rings. The van der Waals surface area contributed by atoms with Crippen LogP contribution in [0.15, 0.2) is 24.3 Å². The van der Waals surface area contributed by atoms with Crippen LogP contribution in [0.4, 0.5) is 9.52 Å². The van der Waals surface area contributed by atoms with Gasteiger partial charge in [0.1, 0.15) is 5.82 Å². The molecule has 4 nitrogen and oxygen atoms in total. The number of aromatic nitrogens is 1. The molecule has 1 aromatic heterocycles. The topological polar surface area (TPSA) is 54.0 Å². The van der Waals surface area contributed by atoms with E-state index in [0.717, 1.165) is 42.8 Å². The molecule has 1 aliphatic heterocycles. The van der Waals surface area contributed by atoms with Gasteiger partial charge in [0.05, 0.1) is 11.7 Å². The van der Waals surface area contributed by atoms with Crippen molar-refractivity contribution >= 4 is 34.8 Å². The molecule has 2 aliphatic rings. The number of nitrogens with zero attached hydrogens (tertiary/aromatic N) is 1. The minimum Gasteiger partial charge on any atom is -0.306 e. The second-order valence-corrected chi connectivity index (χ2v) is 7.59. The Bertz CT molecular complexity index is 757. The molecule has 1 aromatic carbocycles. The van der Waals surface area contributed by atoms with E-state index in [-0.39, 0.29) is 30.2 Å². The molecule has 2 fully saturated rings. The molecule has 1 atom stereocenters. The third-order valence-corrected chi connectivity index (χ3v) is 5.59. The van der Waals surface area contributed by atoms with Gasteiger partial charge in [0.15, 0.2) is 5.13 Å². The predicted octanol–water partition coefficient (Wildman–Crippen LogP) is 3.86. The highest BCUT2D eigenvalue weighted by molar-refractivity contribution is 7.15. The number of thiazole rings is 1. The Labute approximate surface area is 156 Å². The van der Waals surface area contributed by atoms with Crippen LogP contribution < -0.4 is 10.6 Å². The van der Waals surface area contributed by atoms with Crippen LogP contribution in [0, 0.1) is 5.82 Å². The monoisotopic (exact) mass is 381 g/mol. The number of hydrogen-bond acceptors (Lipinski definition) is 4. The fourth-order valence-corrected chi connectivity index (χ4v) is 4.21. The first-order chi connectivity index (χ1) is 11.7. The molecule has 7 heteroatoms. The number of nitrogens with one attached hydrogen (secondary N) is 2. The van der Waals surface area contributed by atoms with Crippen molar-refractivity contribution in [1.29, 1.82) is 0 Å². The van der Waals surface area contributed by atoms with E-state index in [4.69, 9.17) is 0 Å². The molecular formula is C18H21ClFN3OS. The molecule has 134 valence electrons. The van der Waals surface area contributed by atoms with Gasteiger partial charge in [0, 0.05) is 17.2 Å². The minimum atomic E-state index is -0.187. The zero-order chi connectivity index (χ0) is 16.5. The van der Waals surface area contributed by atoms with Crippen molar-refractivity contribution in [3.05, 3.63) is 46.2 Å². The zero-order valence-corrected chi connectivity index (χ0v) is 15.4. The summed E-state index contributed by atoms with van der Waals surface area (Å²) in [4.78, 5) is 18.0. The molecule has 2 heterocycles. The Kier molecular flexibility index (Phi) is 5.71. The van der Waals surface area contributed by atoms with E-state index in [1.165, 1.54) is 17.4 Å². The lowest BCUT2D eigenvalue weighted by atomic mass is 10.1. The summed E-state index contributed by atoms with van der Waals surface area (Å²) in [7, 11) is 0. The highest BCUT2D eigenvalue weighted by Crippen LogP contribution is 2.44. The van der Waals surface area contributed by atoms with Gasteiger partial charge in [-0.1, -0.05) is 18.2 Å². The number of amides is 1. The fraction of sp³-hybridized carbons (Fsp3) is 0.444. The Morgan fingerprint density at radius 3 is 2.80 bits per heavy atom. The summed E-state index contributed by atoms with van der Waals surface area (Å²) in [6.07, 6.45) is 4.70. The average Bonchev–Trinajstić information content (AvgIpc) is 3.11. The van der Waals surface area contributed by atoms with Crippen LogP contribution in [-0.2, 0) is 11.2 Å². The van der Waals surface area contributed by atoms with E-state index in [0.29, 0.717) is 23.0 Å². The van der Waals surface area contributed by atoms with Crippen molar-refractivity contribution in [3.8, 4) is 0 Å². The van der Waals surface area contributed by atoms with Crippen molar-refractivity contribution in [2.45, 2.75) is 44.1 Å². The predicted molar refractivity (Wildman–Crippen MR) is 100 cm³/mol. The summed E-state index contributed by atoms with van der Waals surface area (Å²) in [5, 5.41) is 6.78. The number of rotatable bonds is 5. The third-order valence-electron chi connectivity index (χ3n) is 4.61. The van der Waals surface area contributed by atoms with E-state index in [1.54, 1.807) is 6.07 Å². The number of carbonyl (C=O) groups is 1. The van der Waals surface area contributed by atoms with E-state index in [2.05, 4.69) is 15.6 Å². The summed E-state index contributed by atoms with van der Waals surface area (Å²) < 4.78 is 14.0. The molecule has 25 heavy (non-hydrogen) atoms. The molecule has 1 aliphatic carbocycles. The first kappa shape index (κ1) is 18.3. The van der Waals surface area contributed by atoms with E-state index >= 15 is 0 Å². The van der Waals surface area contributed by atoms with E-state index in [1.807, 2.05) is 12.1 Å². The number of benzene rings is 1. The normalized spacial score (nSPS) is 19.5. The average molecular weight is 382 g/mol. The van der Waals surface area contributed by atoms with E-state index in [9.17, 15) is 9.18 Å². The maximum absolute atomic E-state index is 14.0. The Balaban J connectivity index is 0.00000182. The first-order valence-electron chi connectivity index (χ1n) is 8.48. The summed E-state index contributed by atoms with van der Waals surface area (Å²) in [5.74, 6) is 0.271. The molecule has 0 radical (unpaired) electrons. The maximum Gasteiger partial charge on any atom is 0.243 e. The largest absolute Gasteiger partial charge is 0.306 e. The number of hydrogen-bond donors (Lipinski definition) is 2. The van der Waals surface area contributed by atoms with Gasteiger partial charge in [0.25, 0.3) is 0 Å². The lowest BCUT2D eigenvalue weighted by Gasteiger charge is -2.08. The van der Waals surface area contributed by atoms with Gasteiger partial charge in [-0.05, 0) is 43.9 Å². The Morgan fingerprint density at radius 1 is 1.32 bits per heavy atom. The molecular weight excluding hydrogens is 361 g/mol. The second-order valence-electron chi connectivity index (χ2n) is 6.51. The van der Waals surface area contributed by atoms with Crippen LogP contribution in [0.25, 0.3) is 0 Å². The van der Waals surface area contributed by atoms with Gasteiger partial charge in [-0.2, -0.15) is 0 Å².